The van der Waals surface area contributed by atoms with Crippen molar-refractivity contribution in [2.75, 3.05) is 31.2 Å². The molecule has 4 N–H and O–H groups in total. The van der Waals surface area contributed by atoms with Crippen molar-refractivity contribution in [1.29, 1.82) is 0 Å². The maximum absolute atomic E-state index is 12.3. The van der Waals surface area contributed by atoms with Crippen molar-refractivity contribution in [3.8, 4) is 0 Å². The van der Waals surface area contributed by atoms with Crippen molar-refractivity contribution in [2.24, 2.45) is 5.92 Å². The maximum atomic E-state index is 12.3. The molecular weight excluding hydrogens is 276 g/mol. The molecule has 0 bridgehead atoms. The van der Waals surface area contributed by atoms with Gasteiger partial charge in [-0.3, -0.25) is 4.79 Å². The van der Waals surface area contributed by atoms with Crippen LogP contribution in [0.2, 0.25) is 0 Å². The molecule has 0 unspecified atom stereocenters. The average molecular weight is 298 g/mol. The molecule has 0 saturated heterocycles. The number of aliphatic hydroxyl groups excluding tert-OH is 1. The van der Waals surface area contributed by atoms with Crippen LogP contribution in [0, 0.1) is 5.92 Å². The van der Waals surface area contributed by atoms with Gasteiger partial charge >= 0.3 is 0 Å². The molecule has 0 aliphatic heterocycles. The molecule has 1 aromatic rings. The van der Waals surface area contributed by atoms with Gasteiger partial charge in [-0.05, 0) is 25.2 Å². The van der Waals surface area contributed by atoms with E-state index in [1.807, 2.05) is 0 Å². The summed E-state index contributed by atoms with van der Waals surface area (Å²) in [7, 11) is 1.77. The zero-order chi connectivity index (χ0) is 14.7. The van der Waals surface area contributed by atoms with Crippen LogP contribution in [0.5, 0.6) is 0 Å². The second-order valence-corrected chi connectivity index (χ2v) is 6.34. The van der Waals surface area contributed by atoms with Crippen LogP contribution in [-0.2, 0) is 0 Å². The SMILES string of the molecule is CCCNc1nc(N)c(C(=O)N(C)CC2CC(O)C2)s1. The van der Waals surface area contributed by atoms with Crippen LogP contribution < -0.4 is 11.1 Å². The van der Waals surface area contributed by atoms with E-state index in [0.29, 0.717) is 28.3 Å². The third-order valence-corrected chi connectivity index (χ3v) is 4.48. The molecule has 1 saturated carbocycles. The maximum Gasteiger partial charge on any atom is 0.267 e. The van der Waals surface area contributed by atoms with Gasteiger partial charge in [0.05, 0.1) is 6.10 Å². The Bertz CT molecular complexity index is 471. The number of thiazole rings is 1. The van der Waals surface area contributed by atoms with Crippen LogP contribution >= 0.6 is 11.3 Å². The molecule has 1 aliphatic carbocycles. The molecule has 0 spiro atoms. The van der Waals surface area contributed by atoms with Gasteiger partial charge in [-0.15, -0.1) is 0 Å². The van der Waals surface area contributed by atoms with Gasteiger partial charge in [0.2, 0.25) is 0 Å². The topological polar surface area (TPSA) is 91.5 Å². The monoisotopic (exact) mass is 298 g/mol. The number of amides is 1. The van der Waals surface area contributed by atoms with E-state index in [9.17, 15) is 9.90 Å². The normalized spacial score (nSPS) is 21.4. The lowest BCUT2D eigenvalue weighted by molar-refractivity contribution is 0.0266. The highest BCUT2D eigenvalue weighted by atomic mass is 32.1. The van der Waals surface area contributed by atoms with E-state index in [1.54, 1.807) is 11.9 Å². The fourth-order valence-electron chi connectivity index (χ4n) is 2.29. The van der Waals surface area contributed by atoms with Gasteiger partial charge in [0.15, 0.2) is 5.13 Å². The molecule has 1 aliphatic rings. The number of carbonyl (C=O) groups excluding carboxylic acids is 1. The molecule has 6 nitrogen and oxygen atoms in total. The van der Waals surface area contributed by atoms with E-state index >= 15 is 0 Å². The first-order chi connectivity index (χ1) is 9.51. The molecule has 1 fully saturated rings. The van der Waals surface area contributed by atoms with E-state index in [0.717, 1.165) is 25.8 Å². The highest BCUT2D eigenvalue weighted by molar-refractivity contribution is 7.18. The Hall–Kier alpha value is -1.34. The summed E-state index contributed by atoms with van der Waals surface area (Å²) in [5.41, 5.74) is 5.82. The predicted molar refractivity (Wildman–Crippen MR) is 81.0 cm³/mol. The number of hydrogen-bond acceptors (Lipinski definition) is 6. The Balaban J connectivity index is 1.95. The lowest BCUT2D eigenvalue weighted by Gasteiger charge is -2.34. The highest BCUT2D eigenvalue weighted by Gasteiger charge is 2.30. The zero-order valence-electron chi connectivity index (χ0n) is 11.9. The smallest absolute Gasteiger partial charge is 0.267 e. The summed E-state index contributed by atoms with van der Waals surface area (Å²) in [5, 5.41) is 13.1. The number of aromatic nitrogens is 1. The third kappa shape index (κ3) is 3.40. The fraction of sp³-hybridized carbons (Fsp3) is 0.692. The molecule has 1 aromatic heterocycles. The number of nitrogens with zero attached hydrogens (tertiary/aromatic N) is 2. The summed E-state index contributed by atoms with van der Waals surface area (Å²) >= 11 is 1.30. The fourth-order valence-corrected chi connectivity index (χ4v) is 3.19. The first-order valence-electron chi connectivity index (χ1n) is 6.95. The molecule has 0 radical (unpaired) electrons. The van der Waals surface area contributed by atoms with Crippen molar-refractivity contribution in [1.82, 2.24) is 9.88 Å². The first-order valence-corrected chi connectivity index (χ1v) is 7.76. The van der Waals surface area contributed by atoms with E-state index in [2.05, 4.69) is 17.2 Å². The highest BCUT2D eigenvalue weighted by Crippen LogP contribution is 2.30. The van der Waals surface area contributed by atoms with Gasteiger partial charge in [-0.2, -0.15) is 0 Å². The van der Waals surface area contributed by atoms with E-state index in [1.165, 1.54) is 11.3 Å². The molecule has 2 rings (SSSR count). The summed E-state index contributed by atoms with van der Waals surface area (Å²) in [6.45, 7) is 3.54. The molecule has 112 valence electrons. The van der Waals surface area contributed by atoms with Crippen molar-refractivity contribution in [3.05, 3.63) is 4.88 Å². The van der Waals surface area contributed by atoms with Crippen LogP contribution in [0.25, 0.3) is 0 Å². The molecule has 0 aromatic carbocycles. The molecule has 20 heavy (non-hydrogen) atoms. The summed E-state index contributed by atoms with van der Waals surface area (Å²) in [5.74, 6) is 0.593. The Kier molecular flexibility index (Phi) is 4.82. The quantitative estimate of drug-likeness (QED) is 0.738. The number of anilines is 2. The Morgan fingerprint density at radius 2 is 2.30 bits per heavy atom. The number of nitrogens with one attached hydrogen (secondary N) is 1. The van der Waals surface area contributed by atoms with E-state index in [4.69, 9.17) is 5.73 Å². The van der Waals surface area contributed by atoms with Gasteiger partial charge in [0.25, 0.3) is 5.91 Å². The van der Waals surface area contributed by atoms with Gasteiger partial charge in [0.1, 0.15) is 10.7 Å². The summed E-state index contributed by atoms with van der Waals surface area (Å²) in [4.78, 5) is 18.7. The number of carbonyl (C=O) groups is 1. The van der Waals surface area contributed by atoms with Crippen LogP contribution in [0.15, 0.2) is 0 Å². The van der Waals surface area contributed by atoms with Crippen LogP contribution in [0.4, 0.5) is 10.9 Å². The number of aliphatic hydroxyl groups is 1. The minimum atomic E-state index is -0.193. The number of nitrogen functional groups attached to an aromatic ring is 1. The number of nitrogens with two attached hydrogens (primary N) is 1. The standard InChI is InChI=1S/C13H22N4O2S/c1-3-4-15-13-16-11(14)10(20-13)12(19)17(2)7-8-5-9(18)6-8/h8-9,18H,3-7,14H2,1-2H3,(H,15,16). The molecule has 7 heteroatoms. The summed E-state index contributed by atoms with van der Waals surface area (Å²) < 4.78 is 0. The second-order valence-electron chi connectivity index (χ2n) is 5.34. The van der Waals surface area contributed by atoms with Crippen LogP contribution in [0.3, 0.4) is 0 Å². The van der Waals surface area contributed by atoms with Gasteiger partial charge in [0, 0.05) is 20.1 Å². The van der Waals surface area contributed by atoms with Gasteiger partial charge in [-0.25, -0.2) is 4.98 Å². The van der Waals surface area contributed by atoms with Crippen LogP contribution in [0.1, 0.15) is 35.9 Å². The molecule has 0 atom stereocenters. The second kappa shape index (κ2) is 6.41. The Labute approximate surface area is 123 Å². The Morgan fingerprint density at radius 3 is 2.90 bits per heavy atom. The molecular formula is C13H22N4O2S. The lowest BCUT2D eigenvalue weighted by Crippen LogP contribution is -2.39. The van der Waals surface area contributed by atoms with Gasteiger partial charge in [-0.1, -0.05) is 18.3 Å². The van der Waals surface area contributed by atoms with Crippen molar-refractivity contribution in [2.45, 2.75) is 32.3 Å². The predicted octanol–water partition coefficient (Wildman–Crippen LogP) is 1.39. The number of hydrogen-bond donors (Lipinski definition) is 3. The van der Waals surface area contributed by atoms with Gasteiger partial charge < -0.3 is 21.1 Å². The number of rotatable bonds is 6. The first kappa shape index (κ1) is 15.1. The average Bonchev–Trinajstić information content (AvgIpc) is 2.74. The van der Waals surface area contributed by atoms with Crippen molar-refractivity contribution in [3.63, 3.8) is 0 Å². The van der Waals surface area contributed by atoms with Crippen molar-refractivity contribution >= 4 is 28.2 Å². The third-order valence-electron chi connectivity index (χ3n) is 3.46. The lowest BCUT2D eigenvalue weighted by atomic mass is 9.82. The zero-order valence-corrected chi connectivity index (χ0v) is 12.7. The van der Waals surface area contributed by atoms with E-state index < -0.39 is 0 Å². The molecule has 1 heterocycles. The summed E-state index contributed by atoms with van der Waals surface area (Å²) in [6.07, 6.45) is 2.35. The minimum absolute atomic E-state index is 0.0917. The minimum Gasteiger partial charge on any atom is -0.393 e. The van der Waals surface area contributed by atoms with Crippen LogP contribution in [-0.4, -0.2) is 47.1 Å². The Morgan fingerprint density at radius 1 is 1.60 bits per heavy atom. The van der Waals surface area contributed by atoms with E-state index in [-0.39, 0.29) is 12.0 Å². The largest absolute Gasteiger partial charge is 0.393 e. The summed E-state index contributed by atoms with van der Waals surface area (Å²) in [6, 6.07) is 0. The van der Waals surface area contributed by atoms with Crippen molar-refractivity contribution < 1.29 is 9.90 Å². The molecule has 1 amide bonds.